The second kappa shape index (κ2) is 5.59. The van der Waals surface area contributed by atoms with Crippen LogP contribution in [0.5, 0.6) is 0 Å². The fourth-order valence-corrected chi connectivity index (χ4v) is 2.90. The monoisotopic (exact) mass is 297 g/mol. The van der Waals surface area contributed by atoms with Crippen LogP contribution in [-0.2, 0) is 16.6 Å². The molecule has 1 unspecified atom stereocenters. The Morgan fingerprint density at radius 2 is 2.30 bits per heavy atom. The predicted octanol–water partition coefficient (Wildman–Crippen LogP) is 0.773. The van der Waals surface area contributed by atoms with E-state index in [0.717, 1.165) is 15.9 Å². The fraction of sp³-hybridized carbons (Fsp3) is 0.417. The van der Waals surface area contributed by atoms with Crippen LogP contribution in [0.1, 0.15) is 15.4 Å². The molecule has 2 heterocycles. The molecule has 2 rings (SSSR count). The first-order chi connectivity index (χ1) is 9.43. The van der Waals surface area contributed by atoms with Crippen LogP contribution in [-0.4, -0.2) is 46.5 Å². The molecular weight excluding hydrogens is 282 g/mol. The molecule has 2 aromatic heterocycles. The Kier molecular flexibility index (Phi) is 4.05. The van der Waals surface area contributed by atoms with E-state index >= 15 is 0 Å². The van der Waals surface area contributed by atoms with Gasteiger partial charge in [-0.15, -0.1) is 11.3 Å². The lowest BCUT2D eigenvalue weighted by Gasteiger charge is -2.10. The van der Waals surface area contributed by atoms with Crippen LogP contribution < -0.4 is 5.32 Å². The van der Waals surface area contributed by atoms with Crippen molar-refractivity contribution >= 4 is 33.4 Å². The maximum Gasteiger partial charge on any atom is 0.334 e. The van der Waals surface area contributed by atoms with Crippen molar-refractivity contribution in [3.05, 3.63) is 16.6 Å². The molecule has 108 valence electrons. The molecule has 1 amide bonds. The van der Waals surface area contributed by atoms with Gasteiger partial charge in [-0.05, 0) is 13.0 Å². The molecular formula is C12H15N3O4S. The molecule has 20 heavy (non-hydrogen) atoms. The number of hydrogen-bond acceptors (Lipinski definition) is 5. The van der Waals surface area contributed by atoms with Crippen molar-refractivity contribution in [2.75, 3.05) is 13.7 Å². The van der Waals surface area contributed by atoms with Gasteiger partial charge in [-0.1, -0.05) is 0 Å². The quantitative estimate of drug-likeness (QED) is 0.850. The number of methoxy groups -OCH3 is 1. The number of carboxylic acid groups (broad SMARTS) is 1. The fourth-order valence-electron chi connectivity index (χ4n) is 1.86. The van der Waals surface area contributed by atoms with Crippen LogP contribution >= 0.6 is 11.3 Å². The Morgan fingerprint density at radius 3 is 2.85 bits per heavy atom. The molecule has 0 fully saturated rings. The van der Waals surface area contributed by atoms with Crippen LogP contribution in [0.25, 0.3) is 10.2 Å². The maximum absolute atomic E-state index is 12.0. The summed E-state index contributed by atoms with van der Waals surface area (Å²) >= 11 is 1.32. The number of thiophene rings is 1. The smallest absolute Gasteiger partial charge is 0.334 e. The van der Waals surface area contributed by atoms with Crippen molar-refractivity contribution < 1.29 is 19.4 Å². The zero-order chi connectivity index (χ0) is 14.9. The van der Waals surface area contributed by atoms with Crippen LogP contribution in [0, 0.1) is 6.92 Å². The first-order valence-electron chi connectivity index (χ1n) is 5.91. The van der Waals surface area contributed by atoms with Gasteiger partial charge in [0.15, 0.2) is 6.10 Å². The lowest BCUT2D eigenvalue weighted by Crippen LogP contribution is -2.37. The van der Waals surface area contributed by atoms with Gasteiger partial charge in [-0.3, -0.25) is 9.48 Å². The summed E-state index contributed by atoms with van der Waals surface area (Å²) in [5.41, 5.74) is 0.859. The van der Waals surface area contributed by atoms with Gasteiger partial charge in [-0.2, -0.15) is 5.10 Å². The highest BCUT2D eigenvalue weighted by atomic mass is 32.1. The Labute approximate surface area is 119 Å². The van der Waals surface area contributed by atoms with Crippen LogP contribution in [0.2, 0.25) is 0 Å². The molecule has 0 saturated carbocycles. The van der Waals surface area contributed by atoms with Crippen molar-refractivity contribution in [1.29, 1.82) is 0 Å². The van der Waals surface area contributed by atoms with E-state index in [0.29, 0.717) is 4.88 Å². The van der Waals surface area contributed by atoms with Gasteiger partial charge in [0.25, 0.3) is 5.91 Å². The molecule has 8 heteroatoms. The molecule has 7 nitrogen and oxygen atoms in total. The lowest BCUT2D eigenvalue weighted by molar-refractivity contribution is -0.147. The number of hydrogen-bond donors (Lipinski definition) is 2. The summed E-state index contributed by atoms with van der Waals surface area (Å²) in [5.74, 6) is -1.42. The van der Waals surface area contributed by atoms with E-state index in [4.69, 9.17) is 9.84 Å². The van der Waals surface area contributed by atoms with E-state index in [1.165, 1.54) is 18.4 Å². The maximum atomic E-state index is 12.0. The molecule has 1 atom stereocenters. The zero-order valence-corrected chi connectivity index (χ0v) is 12.2. The van der Waals surface area contributed by atoms with Gasteiger partial charge in [0.1, 0.15) is 4.83 Å². The molecule has 2 N–H and O–H groups in total. The number of carbonyl (C=O) groups excluding carboxylic acids is 1. The van der Waals surface area contributed by atoms with E-state index in [-0.39, 0.29) is 12.5 Å². The third kappa shape index (κ3) is 2.66. The van der Waals surface area contributed by atoms with Gasteiger partial charge in [-0.25, -0.2) is 4.79 Å². The first-order valence-corrected chi connectivity index (χ1v) is 6.72. The Hall–Kier alpha value is -1.93. The minimum atomic E-state index is -1.11. The number of fused-ring (bicyclic) bond motifs is 1. The van der Waals surface area contributed by atoms with Crippen LogP contribution in [0.15, 0.2) is 6.07 Å². The third-order valence-corrected chi connectivity index (χ3v) is 4.13. The molecule has 0 bridgehead atoms. The number of amides is 1. The highest BCUT2D eigenvalue weighted by molar-refractivity contribution is 7.20. The predicted molar refractivity (Wildman–Crippen MR) is 74.1 cm³/mol. The number of ether oxygens (including phenoxy) is 1. The van der Waals surface area contributed by atoms with Crippen molar-refractivity contribution in [3.63, 3.8) is 0 Å². The summed E-state index contributed by atoms with van der Waals surface area (Å²) in [6, 6.07) is 1.76. The number of nitrogens with one attached hydrogen (secondary N) is 1. The minimum Gasteiger partial charge on any atom is -0.479 e. The molecule has 0 aliphatic heterocycles. The Bertz CT molecular complexity index is 626. The lowest BCUT2D eigenvalue weighted by atomic mass is 10.3. The average molecular weight is 297 g/mol. The number of aliphatic carboxylic acids is 1. The van der Waals surface area contributed by atoms with Gasteiger partial charge in [0.2, 0.25) is 0 Å². The molecule has 0 radical (unpaired) electrons. The van der Waals surface area contributed by atoms with E-state index in [1.807, 2.05) is 14.0 Å². The van der Waals surface area contributed by atoms with E-state index in [9.17, 15) is 9.59 Å². The number of carboxylic acids is 1. The minimum absolute atomic E-state index is 0.0733. The molecule has 0 aromatic carbocycles. The van der Waals surface area contributed by atoms with Crippen molar-refractivity contribution in [1.82, 2.24) is 15.1 Å². The summed E-state index contributed by atoms with van der Waals surface area (Å²) in [4.78, 5) is 24.2. The number of aryl methyl sites for hydroxylation is 2. The van der Waals surface area contributed by atoms with Gasteiger partial charge >= 0.3 is 5.97 Å². The van der Waals surface area contributed by atoms with E-state index < -0.39 is 12.1 Å². The number of aromatic nitrogens is 2. The summed E-state index contributed by atoms with van der Waals surface area (Å²) in [6.45, 7) is 1.80. The normalized spacial score (nSPS) is 12.6. The van der Waals surface area contributed by atoms with Crippen molar-refractivity contribution in [3.8, 4) is 0 Å². The van der Waals surface area contributed by atoms with Gasteiger partial charge < -0.3 is 15.2 Å². The topological polar surface area (TPSA) is 93.5 Å². The number of carbonyl (C=O) groups is 2. The van der Waals surface area contributed by atoms with Gasteiger partial charge in [0, 0.05) is 19.5 Å². The Balaban J connectivity index is 2.11. The number of nitrogens with zero attached hydrogens (tertiary/aromatic N) is 2. The van der Waals surface area contributed by atoms with Crippen LogP contribution in [0.4, 0.5) is 0 Å². The van der Waals surface area contributed by atoms with E-state index in [1.54, 1.807) is 10.7 Å². The second-order valence-corrected chi connectivity index (χ2v) is 5.34. The van der Waals surface area contributed by atoms with Crippen molar-refractivity contribution in [2.45, 2.75) is 13.0 Å². The van der Waals surface area contributed by atoms with Crippen LogP contribution in [0.3, 0.4) is 0 Å². The summed E-state index contributed by atoms with van der Waals surface area (Å²) in [5, 5.41) is 16.6. The molecule has 0 saturated heterocycles. The molecule has 0 spiro atoms. The zero-order valence-electron chi connectivity index (χ0n) is 11.3. The average Bonchev–Trinajstić information content (AvgIpc) is 2.92. The molecule has 0 aliphatic rings. The largest absolute Gasteiger partial charge is 0.479 e. The first kappa shape index (κ1) is 14.5. The highest BCUT2D eigenvalue weighted by Gasteiger charge is 2.19. The standard InChI is InChI=1S/C12H15N3O4S/c1-6-7-4-9(20-11(7)15(2)14-6)10(16)13-5-8(19-3)12(17)18/h4,8H,5H2,1-3H3,(H,13,16)(H,17,18). The molecule has 0 aliphatic carbocycles. The summed E-state index contributed by atoms with van der Waals surface area (Å²) in [7, 11) is 3.11. The second-order valence-electron chi connectivity index (χ2n) is 4.31. The number of rotatable bonds is 5. The summed E-state index contributed by atoms with van der Waals surface area (Å²) in [6.07, 6.45) is -1.04. The SMILES string of the molecule is COC(CNC(=O)c1cc2c(C)nn(C)c2s1)C(=O)O. The summed E-state index contributed by atoms with van der Waals surface area (Å²) < 4.78 is 6.48. The molecule has 2 aromatic rings. The Morgan fingerprint density at radius 1 is 1.60 bits per heavy atom. The van der Waals surface area contributed by atoms with Gasteiger partial charge in [0.05, 0.1) is 17.1 Å². The third-order valence-electron chi connectivity index (χ3n) is 2.93. The van der Waals surface area contributed by atoms with E-state index in [2.05, 4.69) is 10.4 Å². The van der Waals surface area contributed by atoms with Crippen molar-refractivity contribution in [2.24, 2.45) is 7.05 Å². The highest BCUT2D eigenvalue weighted by Crippen LogP contribution is 2.27.